The van der Waals surface area contributed by atoms with Gasteiger partial charge in [0.05, 0.1) is 0 Å². The maximum atomic E-state index is 11.9. The molecule has 3 rings (SSSR count). The molecule has 0 atom stereocenters. The number of hydrogen-bond acceptors (Lipinski definition) is 4. The maximum absolute atomic E-state index is 11.9. The van der Waals surface area contributed by atoms with E-state index in [1.807, 2.05) is 49.4 Å². The number of carbonyl (C=O) groups is 1. The molecule has 24 heavy (non-hydrogen) atoms. The number of benzene rings is 2. The van der Waals surface area contributed by atoms with Crippen molar-refractivity contribution >= 4 is 16.9 Å². The van der Waals surface area contributed by atoms with Crippen LogP contribution in [-0.2, 0) is 22.6 Å². The molecule has 0 unspecified atom stereocenters. The maximum Gasteiger partial charge on any atom is 0.336 e. The zero-order chi connectivity index (χ0) is 16.9. The van der Waals surface area contributed by atoms with Crippen LogP contribution in [0.3, 0.4) is 0 Å². The summed E-state index contributed by atoms with van der Waals surface area (Å²) in [7, 11) is 0. The van der Waals surface area contributed by atoms with E-state index in [0.29, 0.717) is 24.0 Å². The molecule has 0 aliphatic heterocycles. The molecule has 2 aromatic carbocycles. The van der Waals surface area contributed by atoms with Crippen molar-refractivity contribution in [2.75, 3.05) is 0 Å². The molecule has 0 fully saturated rings. The first-order valence-corrected chi connectivity index (χ1v) is 7.85. The third-order valence-corrected chi connectivity index (χ3v) is 3.83. The minimum atomic E-state index is -0.441. The van der Waals surface area contributed by atoms with Gasteiger partial charge in [-0.25, -0.2) is 4.79 Å². The first-order valence-electron chi connectivity index (χ1n) is 7.85. The summed E-state index contributed by atoms with van der Waals surface area (Å²) in [6.45, 7) is 1.99. The quantitative estimate of drug-likeness (QED) is 0.530. The summed E-state index contributed by atoms with van der Waals surface area (Å²) in [5.41, 5.74) is 2.83. The zero-order valence-electron chi connectivity index (χ0n) is 13.5. The lowest BCUT2D eigenvalue weighted by atomic mass is 10.1. The van der Waals surface area contributed by atoms with Crippen molar-refractivity contribution in [1.29, 1.82) is 0 Å². The van der Waals surface area contributed by atoms with E-state index in [0.717, 1.165) is 16.5 Å². The third kappa shape index (κ3) is 3.90. The number of fused-ring (bicyclic) bond motifs is 1. The summed E-state index contributed by atoms with van der Waals surface area (Å²) in [5, 5.41) is 0.788. The van der Waals surface area contributed by atoms with Gasteiger partial charge in [-0.1, -0.05) is 42.5 Å². The minimum Gasteiger partial charge on any atom is -0.461 e. The fourth-order valence-corrected chi connectivity index (χ4v) is 2.58. The van der Waals surface area contributed by atoms with Crippen LogP contribution in [0, 0.1) is 6.92 Å². The highest BCUT2D eigenvalue weighted by Crippen LogP contribution is 2.19. The van der Waals surface area contributed by atoms with Gasteiger partial charge in [0, 0.05) is 23.4 Å². The van der Waals surface area contributed by atoms with Gasteiger partial charge in [0.25, 0.3) is 0 Å². The molecule has 4 heteroatoms. The van der Waals surface area contributed by atoms with Crippen LogP contribution >= 0.6 is 0 Å². The van der Waals surface area contributed by atoms with E-state index in [9.17, 15) is 9.59 Å². The van der Waals surface area contributed by atoms with Gasteiger partial charge in [0.1, 0.15) is 12.2 Å². The number of ether oxygens (including phenoxy) is 1. The summed E-state index contributed by atoms with van der Waals surface area (Å²) in [6.07, 6.45) is 0.943. The molecule has 1 aromatic heterocycles. The summed E-state index contributed by atoms with van der Waals surface area (Å²) >= 11 is 0. The van der Waals surface area contributed by atoms with Crippen LogP contribution in [0.1, 0.15) is 23.1 Å². The molecule has 4 nitrogen and oxygen atoms in total. The molecule has 0 radical (unpaired) electrons. The lowest BCUT2D eigenvalue weighted by Gasteiger charge is -2.08. The SMILES string of the molecule is Cc1ccc2c(COC(=O)CCc3ccccc3)cc(=O)oc2c1. The van der Waals surface area contributed by atoms with Crippen molar-refractivity contribution < 1.29 is 13.9 Å². The van der Waals surface area contributed by atoms with Crippen molar-refractivity contribution in [2.45, 2.75) is 26.4 Å². The van der Waals surface area contributed by atoms with Crippen molar-refractivity contribution in [3.05, 3.63) is 81.7 Å². The number of esters is 1. The molecule has 3 aromatic rings. The lowest BCUT2D eigenvalue weighted by Crippen LogP contribution is -2.08. The molecule has 0 saturated heterocycles. The monoisotopic (exact) mass is 322 g/mol. The van der Waals surface area contributed by atoms with Gasteiger partial charge in [0.15, 0.2) is 0 Å². The van der Waals surface area contributed by atoms with Crippen molar-refractivity contribution in [3.63, 3.8) is 0 Å². The average molecular weight is 322 g/mol. The fourth-order valence-electron chi connectivity index (χ4n) is 2.58. The van der Waals surface area contributed by atoms with E-state index in [-0.39, 0.29) is 12.6 Å². The highest BCUT2D eigenvalue weighted by Gasteiger charge is 2.09. The molecular formula is C20H18O4. The lowest BCUT2D eigenvalue weighted by molar-refractivity contribution is -0.144. The number of carbonyl (C=O) groups excluding carboxylic acids is 1. The normalized spacial score (nSPS) is 10.7. The van der Waals surface area contributed by atoms with Gasteiger partial charge in [-0.05, 0) is 30.5 Å². The van der Waals surface area contributed by atoms with Crippen LogP contribution in [0.25, 0.3) is 11.0 Å². The molecule has 0 N–H and O–H groups in total. The molecule has 0 bridgehead atoms. The predicted molar refractivity (Wildman–Crippen MR) is 91.8 cm³/mol. The Balaban J connectivity index is 1.67. The molecule has 0 spiro atoms. The van der Waals surface area contributed by atoms with Crippen molar-refractivity contribution in [3.8, 4) is 0 Å². The first-order chi connectivity index (χ1) is 11.6. The Morgan fingerprint density at radius 2 is 1.88 bits per heavy atom. The van der Waals surface area contributed by atoms with Crippen LogP contribution in [0.5, 0.6) is 0 Å². The number of rotatable bonds is 5. The van der Waals surface area contributed by atoms with Gasteiger partial charge in [-0.2, -0.15) is 0 Å². The van der Waals surface area contributed by atoms with E-state index >= 15 is 0 Å². The summed E-state index contributed by atoms with van der Waals surface area (Å²) in [4.78, 5) is 23.6. The smallest absolute Gasteiger partial charge is 0.336 e. The Bertz CT molecular complexity index is 910. The van der Waals surface area contributed by atoms with Crippen LogP contribution in [0.4, 0.5) is 0 Å². The molecule has 0 aliphatic rings. The molecule has 0 amide bonds. The second kappa shape index (κ2) is 7.13. The molecular weight excluding hydrogens is 304 g/mol. The summed E-state index contributed by atoms with van der Waals surface area (Å²) in [6, 6.07) is 16.8. The van der Waals surface area contributed by atoms with Crippen LogP contribution in [0.2, 0.25) is 0 Å². The Labute approximate surface area is 139 Å². The second-order valence-corrected chi connectivity index (χ2v) is 5.74. The molecule has 0 aliphatic carbocycles. The molecule has 0 saturated carbocycles. The highest BCUT2D eigenvalue weighted by atomic mass is 16.5. The molecule has 122 valence electrons. The van der Waals surface area contributed by atoms with Gasteiger partial charge in [0.2, 0.25) is 0 Å². The Hall–Kier alpha value is -2.88. The zero-order valence-corrected chi connectivity index (χ0v) is 13.5. The number of aryl methyl sites for hydroxylation is 2. The number of hydrogen-bond donors (Lipinski definition) is 0. The Kier molecular flexibility index (Phi) is 4.75. The van der Waals surface area contributed by atoms with Gasteiger partial charge >= 0.3 is 11.6 Å². The van der Waals surface area contributed by atoms with E-state index in [2.05, 4.69) is 0 Å². The van der Waals surface area contributed by atoms with Gasteiger partial charge in [-0.3, -0.25) is 4.79 Å². The Morgan fingerprint density at radius 3 is 2.67 bits per heavy atom. The van der Waals surface area contributed by atoms with Crippen LogP contribution in [-0.4, -0.2) is 5.97 Å². The standard InChI is InChI=1S/C20H18O4/c1-14-7-9-17-16(12-20(22)24-18(17)11-14)13-23-19(21)10-8-15-5-3-2-4-6-15/h2-7,9,11-12H,8,10,13H2,1H3. The predicted octanol–water partition coefficient (Wildman–Crippen LogP) is 3.78. The first kappa shape index (κ1) is 16.0. The minimum absolute atomic E-state index is 0.0682. The van der Waals surface area contributed by atoms with Crippen LogP contribution in [0.15, 0.2) is 63.8 Å². The average Bonchev–Trinajstić information content (AvgIpc) is 2.58. The summed E-state index contributed by atoms with van der Waals surface area (Å²) in [5.74, 6) is -0.285. The van der Waals surface area contributed by atoms with E-state index in [1.54, 1.807) is 6.07 Å². The fraction of sp³-hybridized carbons (Fsp3) is 0.200. The van der Waals surface area contributed by atoms with E-state index < -0.39 is 5.63 Å². The van der Waals surface area contributed by atoms with Gasteiger partial charge in [-0.15, -0.1) is 0 Å². The largest absolute Gasteiger partial charge is 0.461 e. The van der Waals surface area contributed by atoms with Gasteiger partial charge < -0.3 is 9.15 Å². The molecule has 1 heterocycles. The van der Waals surface area contributed by atoms with Crippen molar-refractivity contribution in [2.24, 2.45) is 0 Å². The van der Waals surface area contributed by atoms with Crippen LogP contribution < -0.4 is 5.63 Å². The van der Waals surface area contributed by atoms with E-state index in [4.69, 9.17) is 9.15 Å². The Morgan fingerprint density at radius 1 is 1.08 bits per heavy atom. The van der Waals surface area contributed by atoms with Crippen molar-refractivity contribution in [1.82, 2.24) is 0 Å². The second-order valence-electron chi connectivity index (χ2n) is 5.74. The highest BCUT2D eigenvalue weighted by molar-refractivity contribution is 5.81. The topological polar surface area (TPSA) is 56.5 Å². The third-order valence-electron chi connectivity index (χ3n) is 3.83. The van der Waals surface area contributed by atoms with E-state index in [1.165, 1.54) is 6.07 Å². The summed E-state index contributed by atoms with van der Waals surface area (Å²) < 4.78 is 10.5.